The molecule has 1 fully saturated rings. The molecule has 1 aliphatic carbocycles. The third-order valence-corrected chi connectivity index (χ3v) is 14.0. The van der Waals surface area contributed by atoms with E-state index >= 15 is 0 Å². The van der Waals surface area contributed by atoms with Gasteiger partial charge in [-0.1, -0.05) is 160 Å². The molecule has 3 aromatic heterocycles. The van der Waals surface area contributed by atoms with Crippen LogP contribution in [-0.4, -0.2) is 22.6 Å². The fourth-order valence-electron chi connectivity index (χ4n) is 8.74. The molecule has 6 aromatic carbocycles. The van der Waals surface area contributed by atoms with Crippen LogP contribution in [0.2, 0.25) is 19.6 Å². The van der Waals surface area contributed by atoms with Gasteiger partial charge in [-0.2, -0.15) is 0 Å². The van der Waals surface area contributed by atoms with Crippen LogP contribution in [0, 0.1) is 18.1 Å². The maximum Gasteiger partial charge on any atom is 0.120 e. The zero-order chi connectivity index (χ0) is 40.5. The minimum absolute atomic E-state index is 0. The summed E-state index contributed by atoms with van der Waals surface area (Å²) in [6.07, 6.45) is 9.04. The van der Waals surface area contributed by atoms with Crippen LogP contribution >= 0.6 is 0 Å². The van der Waals surface area contributed by atoms with E-state index in [1.807, 2.05) is 36.4 Å². The average molecular weight is 978 g/mol. The van der Waals surface area contributed by atoms with Crippen molar-refractivity contribution in [3.05, 3.63) is 169 Å². The van der Waals surface area contributed by atoms with Crippen LogP contribution < -0.4 is 5.19 Å². The first-order chi connectivity index (χ1) is 28.7. The zero-order valence-corrected chi connectivity index (χ0v) is 38.5. The van der Waals surface area contributed by atoms with Gasteiger partial charge in [0.25, 0.3) is 0 Å². The van der Waals surface area contributed by atoms with Gasteiger partial charge in [0.2, 0.25) is 0 Å². The smallest absolute Gasteiger partial charge is 0.120 e. The monoisotopic (exact) mass is 978 g/mol. The van der Waals surface area contributed by atoms with Crippen LogP contribution in [0.3, 0.4) is 0 Å². The quantitative estimate of drug-likeness (QED) is 0.113. The van der Waals surface area contributed by atoms with E-state index in [2.05, 4.69) is 160 Å². The minimum Gasteiger partial charge on any atom is -0.501 e. The number of nitrogens with zero attached hydrogens (tertiary/aromatic N) is 3. The van der Waals surface area contributed by atoms with Gasteiger partial charge in [-0.3, -0.25) is 4.98 Å². The number of pyridine rings is 1. The first kappa shape index (κ1) is 41.3. The maximum atomic E-state index is 6.33. The number of fused-ring (bicyclic) bond motifs is 4. The predicted octanol–water partition coefficient (Wildman–Crippen LogP) is 14.0. The molecule has 0 unspecified atom stereocenters. The number of imidazole rings is 1. The maximum absolute atomic E-state index is 6.33. The molecule has 6 heteroatoms. The van der Waals surface area contributed by atoms with E-state index in [0.717, 1.165) is 72.8 Å². The summed E-state index contributed by atoms with van der Waals surface area (Å²) >= 11 is 0. The van der Waals surface area contributed by atoms with Crippen molar-refractivity contribution in [1.29, 1.82) is 0 Å². The second kappa shape index (κ2) is 17.7. The molecule has 0 saturated heterocycles. The zero-order valence-electron chi connectivity index (χ0n) is 35.1. The van der Waals surface area contributed by atoms with E-state index < -0.39 is 8.07 Å². The van der Waals surface area contributed by atoms with E-state index in [0.29, 0.717) is 5.92 Å². The van der Waals surface area contributed by atoms with E-state index in [4.69, 9.17) is 14.4 Å². The SMILES string of the molecule is CC(C)c1c[c-]c(-c2cc(CC3CCCC3)c([Si](C)(C)C)cn2)cc1.[Ir].[c-]1ccc2c(oc3ccccc32)c1-c1nc2ccccc2n1-c1cccc(-c2ccccc2)c1. The van der Waals surface area contributed by atoms with Gasteiger partial charge in [-0.05, 0) is 64.7 Å². The van der Waals surface area contributed by atoms with Crippen LogP contribution in [0.25, 0.3) is 72.4 Å². The molecule has 1 aliphatic rings. The van der Waals surface area contributed by atoms with Crippen LogP contribution in [0.15, 0.2) is 150 Å². The molecular formula is C54H51IrN3OSi-2. The van der Waals surface area contributed by atoms with Crippen molar-refractivity contribution < 1.29 is 24.5 Å². The standard InChI is InChI=1S/C31H19N2O.C23H32NSi.Ir/c1-2-10-21(11-3-1)22-12-8-13-23(20-22)33-28-18-6-5-17-27(28)32-31(33)26-16-9-15-25-24-14-4-7-19-29(24)34-30(25)26;1-17(2)19-10-12-20(13-11-19)22-15-21(14-18-8-6-7-9-18)23(16-24-22)25(3,4)5;/h1-15,17-20H;10-12,15-18H,6-9,14H2,1-5H3;/q2*-1;. The topological polar surface area (TPSA) is 43.9 Å². The summed E-state index contributed by atoms with van der Waals surface area (Å²) < 4.78 is 8.54. The number of hydrogen-bond donors (Lipinski definition) is 0. The fourth-order valence-corrected chi connectivity index (χ4v) is 10.3. The normalized spacial score (nSPS) is 13.2. The summed E-state index contributed by atoms with van der Waals surface area (Å²) in [5.74, 6) is 2.24. The predicted molar refractivity (Wildman–Crippen MR) is 249 cm³/mol. The molecule has 0 atom stereocenters. The van der Waals surface area contributed by atoms with Crippen LogP contribution in [0.5, 0.6) is 0 Å². The number of para-hydroxylation sites is 3. The van der Waals surface area contributed by atoms with Crippen molar-refractivity contribution in [3.8, 4) is 39.5 Å². The third kappa shape index (κ3) is 8.47. The van der Waals surface area contributed by atoms with Crippen LogP contribution in [0.1, 0.15) is 56.6 Å². The van der Waals surface area contributed by atoms with Gasteiger partial charge in [0.15, 0.2) is 0 Å². The Bertz CT molecular complexity index is 2880. The molecule has 0 bridgehead atoms. The number of furan rings is 1. The molecule has 1 saturated carbocycles. The van der Waals surface area contributed by atoms with Crippen LogP contribution in [-0.2, 0) is 26.5 Å². The van der Waals surface area contributed by atoms with Crippen molar-refractivity contribution >= 4 is 46.2 Å². The molecular weight excluding hydrogens is 927 g/mol. The van der Waals surface area contributed by atoms with E-state index in [9.17, 15) is 0 Å². The summed E-state index contributed by atoms with van der Waals surface area (Å²) in [4.78, 5) is 9.88. The molecule has 1 radical (unpaired) electrons. The Morgan fingerprint density at radius 1 is 0.767 bits per heavy atom. The third-order valence-electron chi connectivity index (χ3n) is 11.9. The van der Waals surface area contributed by atoms with Gasteiger partial charge in [-0.25, -0.2) is 0 Å². The first-order valence-corrected chi connectivity index (χ1v) is 24.7. The van der Waals surface area contributed by atoms with Crippen molar-refractivity contribution in [1.82, 2.24) is 14.5 Å². The molecule has 3 heterocycles. The Morgan fingerprint density at radius 2 is 1.52 bits per heavy atom. The fraction of sp³-hybridized carbons (Fsp3) is 0.222. The van der Waals surface area contributed by atoms with Crippen molar-refractivity contribution in [2.75, 3.05) is 0 Å². The van der Waals surface area contributed by atoms with Gasteiger partial charge >= 0.3 is 0 Å². The van der Waals surface area contributed by atoms with Gasteiger partial charge in [-0.15, -0.1) is 53.6 Å². The first-order valence-electron chi connectivity index (χ1n) is 21.2. The number of aromatic nitrogens is 3. The molecule has 0 spiro atoms. The average Bonchev–Trinajstić information content (AvgIpc) is 4.02. The molecule has 303 valence electrons. The van der Waals surface area contributed by atoms with Gasteiger partial charge in [0, 0.05) is 37.4 Å². The van der Waals surface area contributed by atoms with Crippen molar-refractivity contribution in [2.45, 2.75) is 71.5 Å². The summed E-state index contributed by atoms with van der Waals surface area (Å²) in [6, 6.07) is 55.2. The van der Waals surface area contributed by atoms with Crippen molar-refractivity contribution in [3.63, 3.8) is 0 Å². The molecule has 0 amide bonds. The summed E-state index contributed by atoms with van der Waals surface area (Å²) in [5, 5.41) is 3.71. The van der Waals surface area contributed by atoms with Gasteiger partial charge < -0.3 is 14.0 Å². The Morgan fingerprint density at radius 3 is 2.28 bits per heavy atom. The second-order valence-corrected chi connectivity index (χ2v) is 22.4. The Kier molecular flexibility index (Phi) is 12.2. The molecule has 10 rings (SSSR count). The summed E-state index contributed by atoms with van der Waals surface area (Å²) in [7, 11) is -1.37. The largest absolute Gasteiger partial charge is 0.501 e. The second-order valence-electron chi connectivity index (χ2n) is 17.4. The molecule has 0 aliphatic heterocycles. The Hall–Kier alpha value is -5.39. The van der Waals surface area contributed by atoms with E-state index in [1.165, 1.54) is 43.2 Å². The van der Waals surface area contributed by atoms with E-state index in [1.54, 1.807) is 10.8 Å². The van der Waals surface area contributed by atoms with Crippen molar-refractivity contribution in [2.24, 2.45) is 5.92 Å². The Balaban J connectivity index is 0.000000172. The Labute approximate surface area is 369 Å². The molecule has 60 heavy (non-hydrogen) atoms. The number of benzene rings is 6. The van der Waals surface area contributed by atoms with Crippen LogP contribution in [0.4, 0.5) is 0 Å². The molecule has 0 N–H and O–H groups in total. The van der Waals surface area contributed by atoms with Gasteiger partial charge in [0.05, 0.1) is 30.5 Å². The summed E-state index contributed by atoms with van der Waals surface area (Å²) in [5.41, 5.74) is 13.0. The van der Waals surface area contributed by atoms with E-state index in [-0.39, 0.29) is 20.1 Å². The number of hydrogen-bond acceptors (Lipinski definition) is 3. The van der Waals surface area contributed by atoms with Gasteiger partial charge in [0.1, 0.15) is 5.58 Å². The molecule has 4 nitrogen and oxygen atoms in total. The summed E-state index contributed by atoms with van der Waals surface area (Å²) in [6.45, 7) is 11.8. The minimum atomic E-state index is -1.37. The molecule has 9 aromatic rings. The number of rotatable bonds is 8.